The number of amides is 2. The van der Waals surface area contributed by atoms with Gasteiger partial charge < -0.3 is 0 Å². The summed E-state index contributed by atoms with van der Waals surface area (Å²) in [6, 6.07) is 7.24. The Morgan fingerprint density at radius 1 is 1.04 bits per heavy atom. The molecular formula is C18H15ClN2O2. The molecule has 0 N–H and O–H groups in total. The summed E-state index contributed by atoms with van der Waals surface area (Å²) in [6.45, 7) is 0. The molecule has 6 rings (SSSR count). The molecule has 5 aliphatic rings. The summed E-state index contributed by atoms with van der Waals surface area (Å²) < 4.78 is 0. The van der Waals surface area contributed by atoms with Crippen molar-refractivity contribution < 1.29 is 9.59 Å². The average molecular weight is 327 g/mol. The standard InChI is InChI=1S/C18H15ClN2O2/c19-14-4-2-1-3-9(14)8-20-21-17(22)15-10-5-6-11(13-7-12(10)13)16(15)18(21)23/h1-6,8,10-13,15-16H,7H2/b20-8-/t10-,11-,12-,13-,15+,16+/m0/s1. The minimum atomic E-state index is -0.204. The van der Waals surface area contributed by atoms with E-state index in [0.717, 1.165) is 5.01 Å². The minimum Gasteiger partial charge on any atom is -0.272 e. The molecule has 4 aliphatic carbocycles. The first kappa shape index (κ1) is 13.5. The van der Waals surface area contributed by atoms with Crippen molar-refractivity contribution in [1.29, 1.82) is 0 Å². The molecule has 2 saturated carbocycles. The molecule has 0 unspecified atom stereocenters. The van der Waals surface area contributed by atoms with Crippen LogP contribution in [-0.2, 0) is 9.59 Å². The highest BCUT2D eigenvalue weighted by Crippen LogP contribution is 2.65. The Bertz CT molecular complexity index is 751. The van der Waals surface area contributed by atoms with Crippen LogP contribution in [0.1, 0.15) is 12.0 Å². The van der Waals surface area contributed by atoms with Crippen LogP contribution in [0, 0.1) is 35.5 Å². The Balaban J connectivity index is 1.47. The molecule has 0 radical (unpaired) electrons. The summed E-state index contributed by atoms with van der Waals surface area (Å²) in [5.74, 6) is 0.972. The van der Waals surface area contributed by atoms with Crippen LogP contribution >= 0.6 is 11.6 Å². The van der Waals surface area contributed by atoms with Gasteiger partial charge in [0.25, 0.3) is 11.8 Å². The van der Waals surface area contributed by atoms with E-state index in [1.807, 2.05) is 18.2 Å². The minimum absolute atomic E-state index is 0.145. The van der Waals surface area contributed by atoms with Crippen LogP contribution in [0.2, 0.25) is 5.02 Å². The van der Waals surface area contributed by atoms with Crippen molar-refractivity contribution in [1.82, 2.24) is 5.01 Å². The summed E-state index contributed by atoms with van der Waals surface area (Å²) in [5, 5.41) is 5.81. The number of nitrogens with zero attached hydrogens (tertiary/aromatic N) is 2. The molecule has 5 heteroatoms. The number of carbonyl (C=O) groups excluding carboxylic acids is 2. The second kappa shape index (κ2) is 4.54. The van der Waals surface area contributed by atoms with Crippen molar-refractivity contribution >= 4 is 29.6 Å². The second-order valence-corrected chi connectivity index (χ2v) is 7.32. The first-order valence-corrected chi connectivity index (χ1v) is 8.39. The number of allylic oxidation sites excluding steroid dienone is 2. The van der Waals surface area contributed by atoms with E-state index in [-0.39, 0.29) is 35.5 Å². The molecule has 0 aromatic heterocycles. The van der Waals surface area contributed by atoms with Gasteiger partial charge in [0.05, 0.1) is 18.1 Å². The van der Waals surface area contributed by atoms with Gasteiger partial charge in [0.1, 0.15) is 0 Å². The second-order valence-electron chi connectivity index (χ2n) is 6.91. The molecular weight excluding hydrogens is 312 g/mol. The maximum Gasteiger partial charge on any atom is 0.254 e. The highest BCUT2D eigenvalue weighted by atomic mass is 35.5. The summed E-state index contributed by atoms with van der Waals surface area (Å²) in [5.41, 5.74) is 0.702. The van der Waals surface area contributed by atoms with Crippen LogP contribution in [0.5, 0.6) is 0 Å². The van der Waals surface area contributed by atoms with Crippen LogP contribution < -0.4 is 0 Å². The maximum atomic E-state index is 12.7. The quantitative estimate of drug-likeness (QED) is 0.476. The van der Waals surface area contributed by atoms with Gasteiger partial charge in [0.15, 0.2) is 0 Å². The van der Waals surface area contributed by atoms with Gasteiger partial charge in [-0.05, 0) is 36.2 Å². The molecule has 1 aromatic carbocycles. The lowest BCUT2D eigenvalue weighted by molar-refractivity contribution is -0.140. The van der Waals surface area contributed by atoms with Gasteiger partial charge in [-0.15, -0.1) is 0 Å². The fourth-order valence-corrected chi connectivity index (χ4v) is 4.94. The van der Waals surface area contributed by atoms with E-state index in [1.165, 1.54) is 12.6 Å². The maximum absolute atomic E-state index is 12.7. The lowest BCUT2D eigenvalue weighted by atomic mass is 9.63. The van der Waals surface area contributed by atoms with Crippen molar-refractivity contribution in [2.45, 2.75) is 6.42 Å². The van der Waals surface area contributed by atoms with Crippen LogP contribution in [0.4, 0.5) is 0 Å². The van der Waals surface area contributed by atoms with Gasteiger partial charge in [0, 0.05) is 10.6 Å². The molecule has 1 heterocycles. The number of imide groups is 1. The van der Waals surface area contributed by atoms with Crippen LogP contribution in [0.15, 0.2) is 41.5 Å². The van der Waals surface area contributed by atoms with Crippen molar-refractivity contribution in [3.63, 3.8) is 0 Å². The van der Waals surface area contributed by atoms with E-state index >= 15 is 0 Å². The third-order valence-corrected chi connectivity index (χ3v) is 6.20. The molecule has 6 atom stereocenters. The Hall–Kier alpha value is -1.94. The lowest BCUT2D eigenvalue weighted by Crippen LogP contribution is -2.40. The van der Waals surface area contributed by atoms with Gasteiger partial charge in [-0.25, -0.2) is 0 Å². The fraction of sp³-hybridized carbons (Fsp3) is 0.389. The highest BCUT2D eigenvalue weighted by molar-refractivity contribution is 6.33. The summed E-state index contributed by atoms with van der Waals surface area (Å²) in [7, 11) is 0. The highest BCUT2D eigenvalue weighted by Gasteiger charge is 2.67. The monoisotopic (exact) mass is 326 g/mol. The smallest absolute Gasteiger partial charge is 0.254 e. The molecule has 4 nitrogen and oxygen atoms in total. The Morgan fingerprint density at radius 3 is 2.26 bits per heavy atom. The lowest BCUT2D eigenvalue weighted by Gasteiger charge is -2.37. The molecule has 2 bridgehead atoms. The molecule has 2 amide bonds. The van der Waals surface area contributed by atoms with E-state index in [0.29, 0.717) is 22.4 Å². The van der Waals surface area contributed by atoms with Crippen LogP contribution in [0.3, 0.4) is 0 Å². The van der Waals surface area contributed by atoms with E-state index in [1.54, 1.807) is 6.07 Å². The van der Waals surface area contributed by atoms with Crippen molar-refractivity contribution in [2.75, 3.05) is 0 Å². The van der Waals surface area contributed by atoms with E-state index in [9.17, 15) is 9.59 Å². The summed E-state index contributed by atoms with van der Waals surface area (Å²) >= 11 is 6.10. The van der Waals surface area contributed by atoms with Crippen molar-refractivity contribution in [3.8, 4) is 0 Å². The molecule has 23 heavy (non-hydrogen) atoms. The number of rotatable bonds is 2. The topological polar surface area (TPSA) is 49.7 Å². The molecule has 1 saturated heterocycles. The average Bonchev–Trinajstić information content (AvgIpc) is 3.33. The molecule has 3 fully saturated rings. The molecule has 116 valence electrons. The number of hydrogen-bond acceptors (Lipinski definition) is 3. The number of hydrazone groups is 1. The number of hydrogen-bond donors (Lipinski definition) is 0. The zero-order chi connectivity index (χ0) is 15.7. The summed E-state index contributed by atoms with van der Waals surface area (Å²) in [6.07, 6.45) is 6.99. The van der Waals surface area contributed by atoms with Gasteiger partial charge in [0.2, 0.25) is 0 Å². The zero-order valence-corrected chi connectivity index (χ0v) is 13.1. The van der Waals surface area contributed by atoms with Gasteiger partial charge in [-0.3, -0.25) is 9.59 Å². The number of carbonyl (C=O) groups is 2. The fourth-order valence-electron chi connectivity index (χ4n) is 4.75. The zero-order valence-electron chi connectivity index (χ0n) is 12.3. The van der Waals surface area contributed by atoms with E-state index in [4.69, 9.17) is 11.6 Å². The van der Waals surface area contributed by atoms with Gasteiger partial charge in [-0.1, -0.05) is 42.0 Å². The van der Waals surface area contributed by atoms with Gasteiger partial charge in [-0.2, -0.15) is 10.1 Å². The SMILES string of the molecule is O=C1[C@@H]2[C@H]3C=C[C@@H]([C@@H]4C[C@@H]34)[C@H]2C(=O)N1/N=C\c1ccccc1Cl. The largest absolute Gasteiger partial charge is 0.272 e. The van der Waals surface area contributed by atoms with Crippen LogP contribution in [0.25, 0.3) is 0 Å². The van der Waals surface area contributed by atoms with Crippen molar-refractivity contribution in [2.24, 2.45) is 40.6 Å². The Kier molecular flexibility index (Phi) is 2.66. The Labute approximate surface area is 138 Å². The first-order chi connectivity index (χ1) is 11.2. The number of halogens is 1. The van der Waals surface area contributed by atoms with Gasteiger partial charge >= 0.3 is 0 Å². The Morgan fingerprint density at radius 2 is 1.65 bits per heavy atom. The third kappa shape index (κ3) is 1.75. The van der Waals surface area contributed by atoms with Crippen molar-refractivity contribution in [3.05, 3.63) is 47.0 Å². The number of benzene rings is 1. The van der Waals surface area contributed by atoms with Crippen LogP contribution in [-0.4, -0.2) is 23.0 Å². The summed E-state index contributed by atoms with van der Waals surface area (Å²) in [4.78, 5) is 25.5. The normalized spacial score (nSPS) is 40.0. The molecule has 1 aromatic rings. The van der Waals surface area contributed by atoms with E-state index < -0.39 is 0 Å². The predicted molar refractivity (Wildman–Crippen MR) is 85.6 cm³/mol. The molecule has 0 spiro atoms. The van der Waals surface area contributed by atoms with E-state index in [2.05, 4.69) is 17.3 Å². The third-order valence-electron chi connectivity index (χ3n) is 5.86. The predicted octanol–water partition coefficient (Wildman–Crippen LogP) is 2.73. The first-order valence-electron chi connectivity index (χ1n) is 8.01. The molecule has 1 aliphatic heterocycles.